The Labute approximate surface area is 130 Å². The fraction of sp³-hybridized carbons (Fsp3) is 0.353. The Morgan fingerprint density at radius 1 is 1.32 bits per heavy atom. The highest BCUT2D eigenvalue weighted by Crippen LogP contribution is 2.15. The minimum Gasteiger partial charge on any atom is -0.345 e. The molecule has 0 aliphatic rings. The lowest BCUT2D eigenvalue weighted by molar-refractivity contribution is 0.0933. The zero-order valence-corrected chi connectivity index (χ0v) is 13.2. The second-order valence-electron chi connectivity index (χ2n) is 5.16. The van der Waals surface area contributed by atoms with E-state index in [0.717, 1.165) is 17.7 Å². The van der Waals surface area contributed by atoms with Crippen molar-refractivity contribution in [1.82, 2.24) is 14.9 Å². The molecule has 5 nitrogen and oxygen atoms in total. The predicted molar refractivity (Wildman–Crippen MR) is 85.8 cm³/mol. The molecule has 1 N–H and O–H groups in total. The number of nitrogens with zero attached hydrogens (tertiary/aromatic N) is 2. The number of carbonyl (C=O) groups excluding carboxylic acids is 1. The topological polar surface area (TPSA) is 64.0 Å². The first-order chi connectivity index (χ1) is 10.6. The molecule has 1 amide bonds. The molecule has 0 fully saturated rings. The molecule has 2 heterocycles. The van der Waals surface area contributed by atoms with Gasteiger partial charge in [0.1, 0.15) is 5.56 Å². The second kappa shape index (κ2) is 7.02. The monoisotopic (exact) mass is 299 g/mol. The zero-order chi connectivity index (χ0) is 16.1. The standard InChI is InChI=1S/C17H21N3O2/c1-4-15(13-7-6-10-18-11-13)19-16(21)14-9-8-12(3)20(5-2)17(14)22/h6-11,15H,4-5H2,1-3H3,(H,19,21)/t15-/m1/s1. The molecule has 0 aromatic carbocycles. The highest BCUT2D eigenvalue weighted by molar-refractivity contribution is 5.94. The molecule has 0 saturated carbocycles. The van der Waals surface area contributed by atoms with Crippen LogP contribution in [0.4, 0.5) is 0 Å². The van der Waals surface area contributed by atoms with Crippen LogP contribution in [0.15, 0.2) is 41.5 Å². The average molecular weight is 299 g/mol. The molecule has 0 radical (unpaired) electrons. The minimum atomic E-state index is -0.345. The summed E-state index contributed by atoms with van der Waals surface area (Å²) in [6, 6.07) is 6.98. The summed E-state index contributed by atoms with van der Waals surface area (Å²) in [6.07, 6.45) is 4.15. The van der Waals surface area contributed by atoms with Crippen molar-refractivity contribution in [2.45, 2.75) is 39.8 Å². The van der Waals surface area contributed by atoms with Gasteiger partial charge in [0.2, 0.25) is 0 Å². The van der Waals surface area contributed by atoms with Gasteiger partial charge < -0.3 is 9.88 Å². The van der Waals surface area contributed by atoms with Crippen molar-refractivity contribution >= 4 is 5.91 Å². The van der Waals surface area contributed by atoms with Crippen LogP contribution in [0.2, 0.25) is 0 Å². The molecule has 0 saturated heterocycles. The van der Waals surface area contributed by atoms with Gasteiger partial charge in [-0.25, -0.2) is 0 Å². The van der Waals surface area contributed by atoms with Crippen LogP contribution in [0.5, 0.6) is 0 Å². The van der Waals surface area contributed by atoms with E-state index in [2.05, 4.69) is 10.3 Å². The van der Waals surface area contributed by atoms with Crippen molar-refractivity contribution < 1.29 is 4.79 Å². The highest BCUT2D eigenvalue weighted by atomic mass is 16.2. The van der Waals surface area contributed by atoms with E-state index in [1.165, 1.54) is 0 Å². The van der Waals surface area contributed by atoms with Crippen molar-refractivity contribution in [3.8, 4) is 0 Å². The van der Waals surface area contributed by atoms with Crippen LogP contribution in [0.1, 0.15) is 47.9 Å². The number of hydrogen-bond donors (Lipinski definition) is 1. The maximum Gasteiger partial charge on any atom is 0.263 e. The van der Waals surface area contributed by atoms with Crippen molar-refractivity contribution in [2.75, 3.05) is 0 Å². The van der Waals surface area contributed by atoms with Crippen LogP contribution in [0, 0.1) is 6.92 Å². The summed E-state index contributed by atoms with van der Waals surface area (Å²) in [4.78, 5) is 28.9. The van der Waals surface area contributed by atoms with Gasteiger partial charge in [-0.3, -0.25) is 14.6 Å². The maximum atomic E-state index is 12.4. The van der Waals surface area contributed by atoms with E-state index < -0.39 is 0 Å². The Balaban J connectivity index is 2.27. The Morgan fingerprint density at radius 2 is 2.09 bits per heavy atom. The van der Waals surface area contributed by atoms with Crippen molar-refractivity contribution in [3.05, 3.63) is 63.8 Å². The van der Waals surface area contributed by atoms with E-state index >= 15 is 0 Å². The molecule has 2 rings (SSSR count). The van der Waals surface area contributed by atoms with Gasteiger partial charge in [-0.1, -0.05) is 13.0 Å². The zero-order valence-electron chi connectivity index (χ0n) is 13.2. The molecule has 1 atom stereocenters. The van der Waals surface area contributed by atoms with Crippen molar-refractivity contribution in [3.63, 3.8) is 0 Å². The molecular formula is C17H21N3O2. The predicted octanol–water partition coefficient (Wildman–Crippen LogP) is 2.45. The molecule has 5 heteroatoms. The highest BCUT2D eigenvalue weighted by Gasteiger charge is 2.17. The molecule has 0 unspecified atom stereocenters. The molecule has 116 valence electrons. The van der Waals surface area contributed by atoms with Gasteiger partial charge in [-0.15, -0.1) is 0 Å². The van der Waals surface area contributed by atoms with Crippen LogP contribution in [-0.2, 0) is 6.54 Å². The van der Waals surface area contributed by atoms with E-state index in [1.54, 1.807) is 29.1 Å². The van der Waals surface area contributed by atoms with Gasteiger partial charge in [0, 0.05) is 24.6 Å². The summed E-state index contributed by atoms with van der Waals surface area (Å²) in [7, 11) is 0. The molecule has 22 heavy (non-hydrogen) atoms. The first-order valence-electron chi connectivity index (χ1n) is 7.49. The average Bonchev–Trinajstić information content (AvgIpc) is 2.53. The van der Waals surface area contributed by atoms with Crippen LogP contribution in [0.3, 0.4) is 0 Å². The number of pyridine rings is 2. The van der Waals surface area contributed by atoms with Crippen molar-refractivity contribution in [2.24, 2.45) is 0 Å². The van der Waals surface area contributed by atoms with Gasteiger partial charge in [0.25, 0.3) is 11.5 Å². The van der Waals surface area contributed by atoms with Crippen LogP contribution < -0.4 is 10.9 Å². The number of rotatable bonds is 5. The molecule has 0 aliphatic heterocycles. The molecule has 0 aliphatic carbocycles. The van der Waals surface area contributed by atoms with Gasteiger partial charge in [0.15, 0.2) is 0 Å². The quantitative estimate of drug-likeness (QED) is 0.922. The van der Waals surface area contributed by atoms with Crippen LogP contribution in [-0.4, -0.2) is 15.5 Å². The molecule has 2 aromatic heterocycles. The summed E-state index contributed by atoms with van der Waals surface area (Å²) in [6.45, 7) is 6.28. The SMILES string of the molecule is CC[C@@H](NC(=O)c1ccc(C)n(CC)c1=O)c1cccnc1. The summed E-state index contributed by atoms with van der Waals surface area (Å²) >= 11 is 0. The van der Waals surface area contributed by atoms with Gasteiger partial charge in [-0.2, -0.15) is 0 Å². The Bertz CT molecular complexity index is 708. The number of amides is 1. The fourth-order valence-electron chi connectivity index (χ4n) is 2.48. The lowest BCUT2D eigenvalue weighted by Crippen LogP contribution is -2.35. The van der Waals surface area contributed by atoms with Crippen LogP contribution in [0.25, 0.3) is 0 Å². The van der Waals surface area contributed by atoms with Gasteiger partial charge in [-0.05, 0) is 44.0 Å². The van der Waals surface area contributed by atoms with E-state index in [1.807, 2.05) is 32.9 Å². The lowest BCUT2D eigenvalue weighted by Gasteiger charge is -2.17. The number of aryl methyl sites for hydroxylation is 1. The van der Waals surface area contributed by atoms with E-state index in [-0.39, 0.29) is 23.1 Å². The Kier molecular flexibility index (Phi) is 5.09. The third kappa shape index (κ3) is 3.24. The number of aromatic nitrogens is 2. The second-order valence-corrected chi connectivity index (χ2v) is 5.16. The largest absolute Gasteiger partial charge is 0.345 e. The first-order valence-corrected chi connectivity index (χ1v) is 7.49. The minimum absolute atomic E-state index is 0.156. The van der Waals surface area contributed by atoms with Gasteiger partial charge in [0.05, 0.1) is 6.04 Å². The third-order valence-corrected chi connectivity index (χ3v) is 3.75. The van der Waals surface area contributed by atoms with Gasteiger partial charge >= 0.3 is 0 Å². The smallest absolute Gasteiger partial charge is 0.263 e. The number of nitrogens with one attached hydrogen (secondary N) is 1. The molecular weight excluding hydrogens is 278 g/mol. The number of hydrogen-bond acceptors (Lipinski definition) is 3. The third-order valence-electron chi connectivity index (χ3n) is 3.75. The van der Waals surface area contributed by atoms with E-state index in [4.69, 9.17) is 0 Å². The summed E-state index contributed by atoms with van der Waals surface area (Å²) in [5.74, 6) is -0.345. The lowest BCUT2D eigenvalue weighted by atomic mass is 10.1. The van der Waals surface area contributed by atoms with E-state index in [0.29, 0.717) is 6.54 Å². The maximum absolute atomic E-state index is 12.4. The van der Waals surface area contributed by atoms with E-state index in [9.17, 15) is 9.59 Å². The Hall–Kier alpha value is -2.43. The fourth-order valence-corrected chi connectivity index (χ4v) is 2.48. The summed E-state index contributed by atoms with van der Waals surface area (Å²) < 4.78 is 1.60. The Morgan fingerprint density at radius 3 is 2.68 bits per heavy atom. The molecule has 0 spiro atoms. The summed E-state index contributed by atoms with van der Waals surface area (Å²) in [5, 5.41) is 2.92. The van der Waals surface area contributed by atoms with Crippen molar-refractivity contribution in [1.29, 1.82) is 0 Å². The number of carbonyl (C=O) groups is 1. The normalized spacial score (nSPS) is 12.0. The molecule has 2 aromatic rings. The summed E-state index contributed by atoms with van der Waals surface area (Å²) in [5.41, 5.74) is 1.71. The first kappa shape index (κ1) is 15.9. The molecule has 0 bridgehead atoms. The van der Waals surface area contributed by atoms with Crippen LogP contribution >= 0.6 is 0 Å².